The van der Waals surface area contributed by atoms with Gasteiger partial charge in [-0.2, -0.15) is 0 Å². The molecule has 2 heterocycles. The third kappa shape index (κ3) is 5.36. The lowest BCUT2D eigenvalue weighted by molar-refractivity contribution is -0.929. The van der Waals surface area contributed by atoms with Crippen molar-refractivity contribution in [1.82, 2.24) is 10.3 Å². The van der Waals surface area contributed by atoms with Crippen molar-refractivity contribution in [2.24, 2.45) is 5.92 Å². The van der Waals surface area contributed by atoms with E-state index in [1.165, 1.54) is 16.9 Å². The zero-order valence-electron chi connectivity index (χ0n) is 19.7. The predicted octanol–water partition coefficient (Wildman–Crippen LogP) is 4.32. The molecule has 32 heavy (non-hydrogen) atoms. The average Bonchev–Trinajstić information content (AvgIpc) is 2.78. The topological polar surface area (TPSA) is 46.4 Å². The first kappa shape index (κ1) is 22.5. The van der Waals surface area contributed by atoms with Crippen molar-refractivity contribution in [3.05, 3.63) is 77.0 Å². The number of hydrogen-bond donors (Lipinski definition) is 2. The second-order valence-electron chi connectivity index (χ2n) is 9.72. The number of carbonyl (C=O) groups excluding carboxylic acids is 1. The molecule has 0 spiro atoms. The maximum Gasteiger partial charge on any atom is 0.252 e. The zero-order chi connectivity index (χ0) is 22.5. The van der Waals surface area contributed by atoms with Crippen LogP contribution in [0.4, 0.5) is 0 Å². The number of hydrogen-bond acceptors (Lipinski definition) is 2. The number of aromatic nitrogens is 1. The molecule has 168 valence electrons. The van der Waals surface area contributed by atoms with Crippen molar-refractivity contribution in [2.45, 2.75) is 65.6 Å². The van der Waals surface area contributed by atoms with Gasteiger partial charge in [0.15, 0.2) is 0 Å². The molecule has 1 aliphatic heterocycles. The minimum Gasteiger partial charge on any atom is -0.350 e. The SMILES string of the molecule is CC(C)CCC[C@@H](C)NC(=O)c1c2c(nc3ccccc13)CC[NH+](Cc1ccccc1)C2. The van der Waals surface area contributed by atoms with Gasteiger partial charge in [0.05, 0.1) is 23.3 Å². The van der Waals surface area contributed by atoms with Gasteiger partial charge in [-0.05, 0) is 25.3 Å². The maximum atomic E-state index is 13.6. The molecule has 2 aromatic carbocycles. The van der Waals surface area contributed by atoms with Gasteiger partial charge in [0.25, 0.3) is 5.91 Å². The summed E-state index contributed by atoms with van der Waals surface area (Å²) in [5.74, 6) is 0.755. The molecule has 1 aromatic heterocycles. The fourth-order valence-electron chi connectivity index (χ4n) is 4.83. The van der Waals surface area contributed by atoms with Gasteiger partial charge >= 0.3 is 0 Å². The van der Waals surface area contributed by atoms with E-state index in [1.54, 1.807) is 0 Å². The second-order valence-corrected chi connectivity index (χ2v) is 9.72. The van der Waals surface area contributed by atoms with Crippen molar-refractivity contribution in [3.63, 3.8) is 0 Å². The highest BCUT2D eigenvalue weighted by molar-refractivity contribution is 6.07. The fourth-order valence-corrected chi connectivity index (χ4v) is 4.83. The number of benzene rings is 2. The molecule has 0 saturated heterocycles. The molecule has 3 aromatic rings. The van der Waals surface area contributed by atoms with E-state index in [4.69, 9.17) is 4.98 Å². The summed E-state index contributed by atoms with van der Waals surface area (Å²) in [4.78, 5) is 20.0. The van der Waals surface area contributed by atoms with Gasteiger partial charge in [0, 0.05) is 29.0 Å². The van der Waals surface area contributed by atoms with Gasteiger partial charge in [0.2, 0.25) is 0 Å². The van der Waals surface area contributed by atoms with Crippen LogP contribution in [0.2, 0.25) is 0 Å². The predicted molar refractivity (Wildman–Crippen MR) is 131 cm³/mol. The smallest absolute Gasteiger partial charge is 0.252 e. The molecule has 4 rings (SSSR count). The summed E-state index contributed by atoms with van der Waals surface area (Å²) in [5.41, 5.74) is 5.33. The van der Waals surface area contributed by atoms with E-state index in [0.29, 0.717) is 5.92 Å². The van der Waals surface area contributed by atoms with Gasteiger partial charge < -0.3 is 10.2 Å². The molecule has 4 heteroatoms. The molecule has 2 atom stereocenters. The number of quaternary nitrogens is 1. The van der Waals surface area contributed by atoms with Crippen LogP contribution in [0.5, 0.6) is 0 Å². The molecule has 2 N–H and O–H groups in total. The lowest BCUT2D eigenvalue weighted by Gasteiger charge is -2.28. The van der Waals surface area contributed by atoms with E-state index < -0.39 is 0 Å². The van der Waals surface area contributed by atoms with Crippen LogP contribution in [0, 0.1) is 5.92 Å². The average molecular weight is 431 g/mol. The van der Waals surface area contributed by atoms with Crippen LogP contribution in [0.25, 0.3) is 10.9 Å². The zero-order valence-corrected chi connectivity index (χ0v) is 19.7. The van der Waals surface area contributed by atoms with Crippen molar-refractivity contribution in [1.29, 1.82) is 0 Å². The molecular formula is C28H36N3O+. The number of rotatable bonds is 8. The number of nitrogens with one attached hydrogen (secondary N) is 2. The Morgan fingerprint density at radius 2 is 1.78 bits per heavy atom. The molecule has 1 aliphatic rings. The van der Waals surface area contributed by atoms with Gasteiger partial charge in [-0.15, -0.1) is 0 Å². The Morgan fingerprint density at radius 1 is 1.03 bits per heavy atom. The van der Waals surface area contributed by atoms with E-state index in [0.717, 1.165) is 66.6 Å². The Labute approximate surface area is 192 Å². The molecule has 1 amide bonds. The molecule has 0 radical (unpaired) electrons. The first-order valence-electron chi connectivity index (χ1n) is 12.1. The summed E-state index contributed by atoms with van der Waals surface area (Å²) in [7, 11) is 0. The third-order valence-electron chi connectivity index (χ3n) is 6.54. The first-order chi connectivity index (χ1) is 15.5. The Bertz CT molecular complexity index is 1060. The first-order valence-corrected chi connectivity index (χ1v) is 12.1. The molecule has 0 aliphatic carbocycles. The van der Waals surface area contributed by atoms with Crippen molar-refractivity contribution in [2.75, 3.05) is 6.54 Å². The third-order valence-corrected chi connectivity index (χ3v) is 6.54. The van der Waals surface area contributed by atoms with Gasteiger partial charge in [-0.25, -0.2) is 0 Å². The van der Waals surface area contributed by atoms with Crippen LogP contribution in [0.15, 0.2) is 54.6 Å². The summed E-state index contributed by atoms with van der Waals surface area (Å²) < 4.78 is 0. The highest BCUT2D eigenvalue weighted by atomic mass is 16.1. The largest absolute Gasteiger partial charge is 0.350 e. The van der Waals surface area contributed by atoms with E-state index in [-0.39, 0.29) is 11.9 Å². The second kappa shape index (κ2) is 10.3. The Hall–Kier alpha value is -2.72. The summed E-state index contributed by atoms with van der Waals surface area (Å²) in [5, 5.41) is 4.27. The monoisotopic (exact) mass is 430 g/mol. The Morgan fingerprint density at radius 3 is 2.56 bits per heavy atom. The van der Waals surface area contributed by atoms with E-state index >= 15 is 0 Å². The van der Waals surface area contributed by atoms with Crippen molar-refractivity contribution < 1.29 is 9.69 Å². The number of fused-ring (bicyclic) bond motifs is 2. The minimum atomic E-state index is 0.0536. The molecule has 0 bridgehead atoms. The number of carbonyl (C=O) groups is 1. The van der Waals surface area contributed by atoms with Crippen LogP contribution in [-0.4, -0.2) is 23.5 Å². The van der Waals surface area contributed by atoms with Crippen LogP contribution < -0.4 is 10.2 Å². The molecular weight excluding hydrogens is 394 g/mol. The van der Waals surface area contributed by atoms with E-state index in [1.807, 2.05) is 24.3 Å². The van der Waals surface area contributed by atoms with Gasteiger partial charge in [-0.3, -0.25) is 9.78 Å². The summed E-state index contributed by atoms with van der Waals surface area (Å²) >= 11 is 0. The number of amides is 1. The Kier molecular flexibility index (Phi) is 7.21. The number of nitrogens with zero attached hydrogens (tertiary/aromatic N) is 1. The maximum absolute atomic E-state index is 13.6. The summed E-state index contributed by atoms with van der Waals surface area (Å²) in [6.45, 7) is 9.48. The summed E-state index contributed by atoms with van der Waals surface area (Å²) in [6, 6.07) is 18.9. The van der Waals surface area contributed by atoms with Gasteiger partial charge in [0.1, 0.15) is 13.1 Å². The van der Waals surface area contributed by atoms with Crippen LogP contribution in [0.3, 0.4) is 0 Å². The van der Waals surface area contributed by atoms with E-state index in [9.17, 15) is 4.79 Å². The lowest BCUT2D eigenvalue weighted by Crippen LogP contribution is -3.10. The quantitative estimate of drug-likeness (QED) is 0.559. The number of para-hydroxylation sites is 1. The fraction of sp³-hybridized carbons (Fsp3) is 0.429. The standard InChI is InChI=1S/C28H35N3O/c1-20(2)10-9-11-21(3)29-28(32)27-23-14-7-8-15-25(23)30-26-16-17-31(19-24(26)27)18-22-12-5-4-6-13-22/h4-8,12-15,20-21H,9-11,16-19H2,1-3H3,(H,29,32)/p+1/t21-/m1/s1. The summed E-state index contributed by atoms with van der Waals surface area (Å²) in [6.07, 6.45) is 4.27. The Balaban J connectivity index is 1.59. The van der Waals surface area contributed by atoms with E-state index in [2.05, 4.69) is 56.4 Å². The van der Waals surface area contributed by atoms with Crippen LogP contribution in [-0.2, 0) is 19.5 Å². The highest BCUT2D eigenvalue weighted by Gasteiger charge is 2.28. The van der Waals surface area contributed by atoms with Crippen molar-refractivity contribution >= 4 is 16.8 Å². The molecule has 1 unspecified atom stereocenters. The lowest BCUT2D eigenvalue weighted by atomic mass is 9.94. The molecule has 0 fully saturated rings. The van der Waals surface area contributed by atoms with Gasteiger partial charge in [-0.1, -0.05) is 75.2 Å². The molecule has 0 saturated carbocycles. The number of pyridine rings is 1. The normalized spacial score (nSPS) is 16.7. The molecule has 4 nitrogen and oxygen atoms in total. The minimum absolute atomic E-state index is 0.0536. The van der Waals surface area contributed by atoms with Crippen LogP contribution >= 0.6 is 0 Å². The highest BCUT2D eigenvalue weighted by Crippen LogP contribution is 2.25. The van der Waals surface area contributed by atoms with Crippen molar-refractivity contribution in [3.8, 4) is 0 Å². The van der Waals surface area contributed by atoms with Crippen LogP contribution in [0.1, 0.15) is 67.2 Å².